The Kier molecular flexibility index (Phi) is 6.93. The summed E-state index contributed by atoms with van der Waals surface area (Å²) < 4.78 is 12.4. The molecule has 4 aromatic rings. The predicted octanol–water partition coefficient (Wildman–Crippen LogP) is 2.36. The zero-order valence-electron chi connectivity index (χ0n) is 20.0. The van der Waals surface area contributed by atoms with Crippen molar-refractivity contribution in [3.05, 3.63) is 66.2 Å². The second-order valence-corrected chi connectivity index (χ2v) is 8.50. The number of nitriles is 1. The van der Waals surface area contributed by atoms with Crippen LogP contribution < -0.4 is 14.4 Å². The molecule has 0 radical (unpaired) electrons. The van der Waals surface area contributed by atoms with Gasteiger partial charge in [0, 0.05) is 62.3 Å². The molecule has 1 aliphatic heterocycles. The highest BCUT2D eigenvalue weighted by Crippen LogP contribution is 2.31. The lowest BCUT2D eigenvalue weighted by molar-refractivity contribution is 0.201. The van der Waals surface area contributed by atoms with Crippen LogP contribution in [0.4, 0.5) is 5.82 Å². The Balaban J connectivity index is 1.29. The Morgan fingerprint density at radius 1 is 1.06 bits per heavy atom. The topological polar surface area (TPSA) is 112 Å². The average molecular weight is 486 g/mol. The van der Waals surface area contributed by atoms with Gasteiger partial charge in [0.05, 0.1) is 37.2 Å². The van der Waals surface area contributed by atoms with Crippen LogP contribution in [-0.4, -0.2) is 76.1 Å². The maximum Gasteiger partial charge on any atom is 0.212 e. The molecule has 36 heavy (non-hydrogen) atoms. The number of piperazine rings is 1. The van der Waals surface area contributed by atoms with Gasteiger partial charge in [-0.2, -0.15) is 10.4 Å². The summed E-state index contributed by atoms with van der Waals surface area (Å²) in [5, 5.41) is 23.0. The van der Waals surface area contributed by atoms with E-state index in [4.69, 9.17) is 19.6 Å². The van der Waals surface area contributed by atoms with Gasteiger partial charge in [-0.15, -0.1) is 0 Å². The number of methoxy groups -OCH3 is 1. The second-order valence-electron chi connectivity index (χ2n) is 8.50. The molecule has 0 saturated carbocycles. The molecule has 1 aliphatic rings. The van der Waals surface area contributed by atoms with Crippen LogP contribution in [0.25, 0.3) is 16.6 Å². The highest BCUT2D eigenvalue weighted by atomic mass is 16.5. The van der Waals surface area contributed by atoms with Crippen LogP contribution in [-0.2, 0) is 6.54 Å². The third-order valence-corrected chi connectivity index (χ3v) is 6.24. The maximum atomic E-state index is 9.56. The highest BCUT2D eigenvalue weighted by Gasteiger charge is 2.19. The van der Waals surface area contributed by atoms with Crippen LogP contribution in [0, 0.1) is 11.3 Å². The summed E-state index contributed by atoms with van der Waals surface area (Å²) in [6.45, 7) is 4.57. The number of fused-ring (bicyclic) bond motifs is 1. The summed E-state index contributed by atoms with van der Waals surface area (Å²) in [6, 6.07) is 12.0. The quantitative estimate of drug-likeness (QED) is 0.402. The lowest BCUT2D eigenvalue weighted by Gasteiger charge is -2.35. The molecule has 0 aromatic carbocycles. The van der Waals surface area contributed by atoms with Gasteiger partial charge in [0.2, 0.25) is 5.88 Å². The van der Waals surface area contributed by atoms with Gasteiger partial charge in [-0.05, 0) is 23.8 Å². The Morgan fingerprint density at radius 3 is 2.58 bits per heavy atom. The van der Waals surface area contributed by atoms with Gasteiger partial charge in [0.15, 0.2) is 0 Å². The highest BCUT2D eigenvalue weighted by molar-refractivity contribution is 5.85. The van der Waals surface area contributed by atoms with E-state index in [1.165, 1.54) is 11.8 Å². The Labute approximate surface area is 209 Å². The molecule has 1 N–H and O–H groups in total. The lowest BCUT2D eigenvalue weighted by atomic mass is 10.1. The Morgan fingerprint density at radius 2 is 1.92 bits per heavy atom. The summed E-state index contributed by atoms with van der Waals surface area (Å²) in [4.78, 5) is 13.7. The van der Waals surface area contributed by atoms with Crippen LogP contribution in [0.3, 0.4) is 0 Å². The van der Waals surface area contributed by atoms with Crippen molar-refractivity contribution in [1.29, 1.82) is 5.26 Å². The number of aliphatic hydroxyl groups is 1. The molecule has 1 fully saturated rings. The number of ether oxygens (including phenoxy) is 2. The number of hydrogen-bond acceptors (Lipinski definition) is 9. The maximum absolute atomic E-state index is 9.56. The van der Waals surface area contributed by atoms with Gasteiger partial charge >= 0.3 is 0 Å². The number of rotatable bonds is 8. The first-order valence-electron chi connectivity index (χ1n) is 11.8. The predicted molar refractivity (Wildman–Crippen MR) is 134 cm³/mol. The molecule has 0 spiro atoms. The van der Waals surface area contributed by atoms with E-state index < -0.39 is 0 Å². The van der Waals surface area contributed by atoms with Crippen LogP contribution in [0.2, 0.25) is 0 Å². The SMILES string of the molecule is COc1ccc(CN2CCN(c3ccc(-c4cc(OCCO)cn5ncc(C#N)c45)cn3)CC2)cn1. The zero-order chi connectivity index (χ0) is 24.9. The lowest BCUT2D eigenvalue weighted by Crippen LogP contribution is -2.46. The Hall–Kier alpha value is -4.20. The van der Waals surface area contributed by atoms with Crippen molar-refractivity contribution in [1.82, 2.24) is 24.5 Å². The van der Waals surface area contributed by atoms with E-state index in [9.17, 15) is 5.26 Å². The van der Waals surface area contributed by atoms with E-state index in [0.29, 0.717) is 22.7 Å². The standard InChI is InChI=1S/C26H27N7O3/c1-35-25-5-2-19(14-29-25)17-31-6-8-32(9-7-31)24-4-3-20(15-28-24)23-12-22(36-11-10-34)18-33-26(23)21(13-27)16-30-33/h2-5,12,14-16,18,34H,6-11,17H2,1H3. The minimum Gasteiger partial charge on any atom is -0.490 e. The van der Waals surface area contributed by atoms with E-state index in [2.05, 4.69) is 32.0 Å². The van der Waals surface area contributed by atoms with E-state index in [-0.39, 0.29) is 13.2 Å². The monoisotopic (exact) mass is 485 g/mol. The fourth-order valence-corrected chi connectivity index (χ4v) is 4.39. The second kappa shape index (κ2) is 10.6. The van der Waals surface area contributed by atoms with Crippen LogP contribution in [0.5, 0.6) is 11.6 Å². The van der Waals surface area contributed by atoms with Crippen LogP contribution >= 0.6 is 0 Å². The van der Waals surface area contributed by atoms with Gasteiger partial charge in [-0.1, -0.05) is 6.07 Å². The largest absolute Gasteiger partial charge is 0.490 e. The molecular formula is C26H27N7O3. The van der Waals surface area contributed by atoms with Crippen LogP contribution in [0.15, 0.2) is 55.1 Å². The van der Waals surface area contributed by atoms with E-state index in [0.717, 1.165) is 49.7 Å². The summed E-state index contributed by atoms with van der Waals surface area (Å²) in [6.07, 6.45) is 6.94. The normalized spacial score (nSPS) is 14.1. The van der Waals surface area contributed by atoms with Crippen molar-refractivity contribution in [3.8, 4) is 28.8 Å². The fraction of sp³-hybridized carbons (Fsp3) is 0.308. The van der Waals surface area contributed by atoms with Crippen LogP contribution in [0.1, 0.15) is 11.1 Å². The zero-order valence-corrected chi connectivity index (χ0v) is 20.0. The van der Waals surface area contributed by atoms with Gasteiger partial charge in [0.1, 0.15) is 24.2 Å². The number of hydrogen-bond donors (Lipinski definition) is 1. The molecule has 0 unspecified atom stereocenters. The first-order chi connectivity index (χ1) is 17.7. The number of nitrogens with zero attached hydrogens (tertiary/aromatic N) is 7. The molecule has 5 heterocycles. The molecule has 1 saturated heterocycles. The van der Waals surface area contributed by atoms with Gasteiger partial charge < -0.3 is 19.5 Å². The smallest absolute Gasteiger partial charge is 0.212 e. The third-order valence-electron chi connectivity index (χ3n) is 6.24. The first kappa shape index (κ1) is 23.5. The molecule has 0 atom stereocenters. The molecule has 10 heteroatoms. The van der Waals surface area contributed by atoms with Crippen molar-refractivity contribution < 1.29 is 14.6 Å². The van der Waals surface area contributed by atoms with E-state index >= 15 is 0 Å². The first-order valence-corrected chi connectivity index (χ1v) is 11.8. The molecular weight excluding hydrogens is 458 g/mol. The average Bonchev–Trinajstić information content (AvgIpc) is 3.35. The van der Waals surface area contributed by atoms with Crippen molar-refractivity contribution >= 4 is 11.3 Å². The Bertz CT molecular complexity index is 1360. The number of aliphatic hydroxyl groups excluding tert-OH is 1. The van der Waals surface area contributed by atoms with Crippen molar-refractivity contribution in [2.75, 3.05) is 51.4 Å². The van der Waals surface area contributed by atoms with E-state index in [1.807, 2.05) is 36.7 Å². The fourth-order valence-electron chi connectivity index (χ4n) is 4.39. The minimum atomic E-state index is -0.0869. The van der Waals surface area contributed by atoms with E-state index in [1.54, 1.807) is 17.8 Å². The van der Waals surface area contributed by atoms with Crippen molar-refractivity contribution in [3.63, 3.8) is 0 Å². The molecule has 0 amide bonds. The molecule has 5 rings (SSSR count). The number of pyridine rings is 3. The van der Waals surface area contributed by atoms with Crippen molar-refractivity contribution in [2.24, 2.45) is 0 Å². The summed E-state index contributed by atoms with van der Waals surface area (Å²) in [7, 11) is 1.62. The molecule has 10 nitrogen and oxygen atoms in total. The molecule has 0 aliphatic carbocycles. The van der Waals surface area contributed by atoms with Gasteiger partial charge in [-0.3, -0.25) is 4.90 Å². The summed E-state index contributed by atoms with van der Waals surface area (Å²) in [5.74, 6) is 2.11. The van der Waals surface area contributed by atoms with Gasteiger partial charge in [-0.25, -0.2) is 14.5 Å². The molecule has 4 aromatic heterocycles. The van der Waals surface area contributed by atoms with Crippen molar-refractivity contribution in [2.45, 2.75) is 6.54 Å². The molecule has 184 valence electrons. The summed E-state index contributed by atoms with van der Waals surface area (Å²) >= 11 is 0. The molecule has 0 bridgehead atoms. The number of aromatic nitrogens is 4. The minimum absolute atomic E-state index is 0.0869. The third kappa shape index (κ3) is 4.93. The number of anilines is 1. The van der Waals surface area contributed by atoms with Gasteiger partial charge in [0.25, 0.3) is 0 Å². The summed E-state index contributed by atoms with van der Waals surface area (Å²) in [5.41, 5.74) is 4.01.